The molecular weight excluding hydrogens is 351 g/mol. The van der Waals surface area contributed by atoms with Crippen LogP contribution in [0.3, 0.4) is 0 Å². The van der Waals surface area contributed by atoms with Crippen LogP contribution < -0.4 is 0 Å². The average molecular weight is 374 g/mol. The Morgan fingerprint density at radius 3 is 2.52 bits per heavy atom. The standard InChI is InChI=1S/C19H23BO3S2/c1-13(21)25-12-16(20-22-18(2,3)19(4,5)23-20)10-14-6-7-15-8-9-24-17(15)11-14/h6-11H,12H2,1-5H3. The Bertz CT molecular complexity index is 807. The van der Waals surface area contributed by atoms with Crippen LogP contribution in [-0.4, -0.2) is 29.2 Å². The molecule has 3 nitrogen and oxygen atoms in total. The molecule has 1 fully saturated rings. The lowest BCUT2D eigenvalue weighted by molar-refractivity contribution is -0.109. The second kappa shape index (κ2) is 6.91. The molecule has 25 heavy (non-hydrogen) atoms. The van der Waals surface area contributed by atoms with Crippen molar-refractivity contribution in [2.75, 3.05) is 5.75 Å². The molecule has 0 unspecified atom stereocenters. The second-order valence-corrected chi connectivity index (χ2v) is 9.41. The molecule has 3 rings (SSSR count). The van der Waals surface area contributed by atoms with Crippen molar-refractivity contribution in [3.8, 4) is 0 Å². The number of rotatable bonds is 4. The van der Waals surface area contributed by atoms with Crippen molar-refractivity contribution in [2.24, 2.45) is 0 Å². The first-order chi connectivity index (χ1) is 11.7. The van der Waals surface area contributed by atoms with Crippen LogP contribution in [0.15, 0.2) is 35.1 Å². The van der Waals surface area contributed by atoms with E-state index in [-0.39, 0.29) is 5.12 Å². The lowest BCUT2D eigenvalue weighted by Gasteiger charge is -2.32. The Balaban J connectivity index is 1.92. The molecule has 0 radical (unpaired) electrons. The molecule has 1 aliphatic heterocycles. The van der Waals surface area contributed by atoms with Crippen molar-refractivity contribution in [3.05, 3.63) is 40.7 Å². The number of fused-ring (bicyclic) bond motifs is 1. The highest BCUT2D eigenvalue weighted by Gasteiger charge is 2.52. The molecular formula is C19H23BO3S2. The Hall–Kier alpha value is -1.08. The quantitative estimate of drug-likeness (QED) is 0.690. The Labute approximate surface area is 157 Å². The molecule has 1 aromatic heterocycles. The van der Waals surface area contributed by atoms with Gasteiger partial charge in [0.25, 0.3) is 0 Å². The van der Waals surface area contributed by atoms with Gasteiger partial charge in [0.2, 0.25) is 0 Å². The monoisotopic (exact) mass is 374 g/mol. The first-order valence-corrected chi connectivity index (χ1v) is 10.2. The fourth-order valence-electron chi connectivity index (χ4n) is 2.63. The zero-order valence-electron chi connectivity index (χ0n) is 15.3. The second-order valence-electron chi connectivity index (χ2n) is 7.31. The summed E-state index contributed by atoms with van der Waals surface area (Å²) in [6, 6.07) is 8.51. The summed E-state index contributed by atoms with van der Waals surface area (Å²) in [4.78, 5) is 11.5. The highest BCUT2D eigenvalue weighted by Crippen LogP contribution is 2.39. The molecule has 6 heteroatoms. The third kappa shape index (κ3) is 4.03. The van der Waals surface area contributed by atoms with Crippen LogP contribution in [0.1, 0.15) is 40.2 Å². The first kappa shape index (κ1) is 18.7. The highest BCUT2D eigenvalue weighted by atomic mass is 32.2. The molecule has 0 amide bonds. The molecule has 2 aromatic rings. The zero-order chi connectivity index (χ0) is 18.2. The van der Waals surface area contributed by atoms with Crippen molar-refractivity contribution in [1.82, 2.24) is 0 Å². The molecule has 0 atom stereocenters. The predicted octanol–water partition coefficient (Wildman–Crippen LogP) is 5.20. The van der Waals surface area contributed by atoms with Gasteiger partial charge in [0.15, 0.2) is 5.12 Å². The molecule has 0 bridgehead atoms. The molecule has 0 saturated carbocycles. The van der Waals surface area contributed by atoms with E-state index in [9.17, 15) is 4.79 Å². The fraction of sp³-hybridized carbons (Fsp3) is 0.421. The maximum Gasteiger partial charge on any atom is 0.491 e. The SMILES string of the molecule is CC(=O)SCC(=Cc1ccc2ccsc2c1)B1OC(C)(C)C(C)(C)O1. The Morgan fingerprint density at radius 2 is 1.88 bits per heavy atom. The average Bonchev–Trinajstić information content (AvgIpc) is 3.05. The summed E-state index contributed by atoms with van der Waals surface area (Å²) in [7, 11) is -0.434. The van der Waals surface area contributed by atoms with Gasteiger partial charge in [0.05, 0.1) is 11.2 Å². The van der Waals surface area contributed by atoms with Gasteiger partial charge in [0, 0.05) is 17.4 Å². The smallest absolute Gasteiger partial charge is 0.400 e. The number of thiophene rings is 1. The number of carbonyl (C=O) groups is 1. The van der Waals surface area contributed by atoms with Crippen molar-refractivity contribution in [1.29, 1.82) is 0 Å². The minimum absolute atomic E-state index is 0.0936. The number of carbonyl (C=O) groups excluding carboxylic acids is 1. The molecule has 0 spiro atoms. The van der Waals surface area contributed by atoms with Gasteiger partial charge in [0.1, 0.15) is 0 Å². The molecule has 132 valence electrons. The maximum absolute atomic E-state index is 11.5. The summed E-state index contributed by atoms with van der Waals surface area (Å²) in [6.45, 7) is 9.76. The summed E-state index contributed by atoms with van der Waals surface area (Å²) in [5, 5.41) is 3.44. The summed E-state index contributed by atoms with van der Waals surface area (Å²) < 4.78 is 13.6. The molecule has 1 aromatic carbocycles. The summed E-state index contributed by atoms with van der Waals surface area (Å²) >= 11 is 3.01. The van der Waals surface area contributed by atoms with Gasteiger partial charge in [-0.05, 0) is 61.6 Å². The molecule has 0 aliphatic carbocycles. The van der Waals surface area contributed by atoms with E-state index in [2.05, 4.69) is 35.7 Å². The molecule has 1 aliphatic rings. The topological polar surface area (TPSA) is 35.5 Å². The van der Waals surface area contributed by atoms with E-state index >= 15 is 0 Å². The van der Waals surface area contributed by atoms with Crippen molar-refractivity contribution in [3.63, 3.8) is 0 Å². The number of hydrogen-bond acceptors (Lipinski definition) is 5. The van der Waals surface area contributed by atoms with E-state index in [4.69, 9.17) is 9.31 Å². The summed E-state index contributed by atoms with van der Waals surface area (Å²) in [5.41, 5.74) is 1.30. The van der Waals surface area contributed by atoms with Gasteiger partial charge < -0.3 is 9.31 Å². The van der Waals surface area contributed by atoms with Crippen LogP contribution in [0.25, 0.3) is 16.2 Å². The third-order valence-electron chi connectivity index (χ3n) is 4.83. The van der Waals surface area contributed by atoms with Crippen LogP contribution in [0.4, 0.5) is 0 Å². The minimum atomic E-state index is -0.434. The summed E-state index contributed by atoms with van der Waals surface area (Å²) in [5.74, 6) is 0.564. The van der Waals surface area contributed by atoms with Crippen molar-refractivity contribution >= 4 is 51.5 Å². The van der Waals surface area contributed by atoms with E-state index < -0.39 is 18.3 Å². The highest BCUT2D eigenvalue weighted by molar-refractivity contribution is 8.13. The van der Waals surface area contributed by atoms with E-state index in [1.807, 2.05) is 27.7 Å². The van der Waals surface area contributed by atoms with Crippen LogP contribution in [0.5, 0.6) is 0 Å². The maximum atomic E-state index is 11.5. The predicted molar refractivity (Wildman–Crippen MR) is 109 cm³/mol. The van der Waals surface area contributed by atoms with Crippen LogP contribution >= 0.6 is 23.1 Å². The minimum Gasteiger partial charge on any atom is -0.400 e. The van der Waals surface area contributed by atoms with E-state index in [1.165, 1.54) is 21.8 Å². The van der Waals surface area contributed by atoms with Gasteiger partial charge >= 0.3 is 7.12 Å². The van der Waals surface area contributed by atoms with Crippen LogP contribution in [-0.2, 0) is 14.1 Å². The Morgan fingerprint density at radius 1 is 1.20 bits per heavy atom. The van der Waals surface area contributed by atoms with Gasteiger partial charge in [-0.1, -0.05) is 30.0 Å². The largest absolute Gasteiger partial charge is 0.491 e. The van der Waals surface area contributed by atoms with Crippen LogP contribution in [0.2, 0.25) is 0 Å². The van der Waals surface area contributed by atoms with Crippen molar-refractivity contribution < 1.29 is 14.1 Å². The van der Waals surface area contributed by atoms with Gasteiger partial charge in [-0.3, -0.25) is 4.79 Å². The lowest BCUT2D eigenvalue weighted by Crippen LogP contribution is -2.41. The summed E-state index contributed by atoms with van der Waals surface area (Å²) in [6.07, 6.45) is 2.09. The van der Waals surface area contributed by atoms with E-state index in [0.717, 1.165) is 11.0 Å². The molecule has 1 saturated heterocycles. The van der Waals surface area contributed by atoms with Gasteiger partial charge in [-0.25, -0.2) is 0 Å². The van der Waals surface area contributed by atoms with Gasteiger partial charge in [-0.2, -0.15) is 0 Å². The normalized spacial score (nSPS) is 19.6. The zero-order valence-corrected chi connectivity index (χ0v) is 16.9. The third-order valence-corrected chi connectivity index (χ3v) is 6.59. The van der Waals surface area contributed by atoms with Crippen molar-refractivity contribution in [2.45, 2.75) is 45.8 Å². The number of hydrogen-bond donors (Lipinski definition) is 0. The van der Waals surface area contributed by atoms with E-state index in [0.29, 0.717) is 5.75 Å². The van der Waals surface area contributed by atoms with E-state index in [1.54, 1.807) is 18.3 Å². The molecule has 0 N–H and O–H groups in total. The van der Waals surface area contributed by atoms with Gasteiger partial charge in [-0.15, -0.1) is 11.3 Å². The molecule has 2 heterocycles. The lowest BCUT2D eigenvalue weighted by atomic mass is 9.78. The number of thioether (sulfide) groups is 1. The first-order valence-electron chi connectivity index (χ1n) is 8.35. The van der Waals surface area contributed by atoms with Crippen LogP contribution in [0, 0.1) is 0 Å². The number of benzene rings is 1. The Kier molecular flexibility index (Phi) is 5.17. The fourth-order valence-corrected chi connectivity index (χ4v) is 4.06.